The lowest BCUT2D eigenvalue weighted by Crippen LogP contribution is -2.26. The monoisotopic (exact) mass is 115 g/mol. The van der Waals surface area contributed by atoms with Crippen molar-refractivity contribution in [2.45, 2.75) is 26.0 Å². The quantitative estimate of drug-likeness (QED) is 0.538. The molecule has 0 amide bonds. The van der Waals surface area contributed by atoms with Crippen LogP contribution >= 0.6 is 0 Å². The van der Waals surface area contributed by atoms with Crippen LogP contribution in [0.3, 0.4) is 0 Å². The van der Waals surface area contributed by atoms with E-state index >= 15 is 0 Å². The van der Waals surface area contributed by atoms with Gasteiger partial charge in [-0.2, -0.15) is 0 Å². The van der Waals surface area contributed by atoms with Crippen LogP contribution in [-0.4, -0.2) is 25.3 Å². The van der Waals surface area contributed by atoms with Gasteiger partial charge in [-0.1, -0.05) is 13.8 Å². The second-order valence-corrected chi connectivity index (χ2v) is 2.52. The fraction of sp³-hybridized carbons (Fsp3) is 1.00. The van der Waals surface area contributed by atoms with E-state index in [9.17, 15) is 0 Å². The average molecular weight is 115 g/mol. The van der Waals surface area contributed by atoms with Crippen molar-refractivity contribution in [1.29, 1.82) is 0 Å². The van der Waals surface area contributed by atoms with Gasteiger partial charge in [-0.25, -0.2) is 0 Å². The number of hydrogen-bond acceptors (Lipinski definition) is 2. The molecule has 0 radical (unpaired) electrons. The lowest BCUT2D eigenvalue weighted by atomic mass is 10.4. The van der Waals surface area contributed by atoms with Gasteiger partial charge < -0.3 is 10.1 Å². The van der Waals surface area contributed by atoms with Crippen LogP contribution in [0.5, 0.6) is 0 Å². The maximum atomic E-state index is 5.00. The zero-order valence-corrected chi connectivity index (χ0v) is 5.48. The summed E-state index contributed by atoms with van der Waals surface area (Å²) in [5, 5.41) is 3.28. The lowest BCUT2D eigenvalue weighted by Gasteiger charge is -2.03. The number of ether oxygens (including phenoxy) is 1. The minimum Gasteiger partial charge on any atom is -0.372 e. The molecule has 48 valence electrons. The fourth-order valence-corrected chi connectivity index (χ4v) is 0.553. The first-order valence-electron chi connectivity index (χ1n) is 3.14. The number of nitrogens with one attached hydrogen (secondary N) is 1. The third-order valence-corrected chi connectivity index (χ3v) is 1.16. The normalized spacial score (nSPS) is 26.6. The molecule has 0 aliphatic carbocycles. The largest absolute Gasteiger partial charge is 0.372 e. The van der Waals surface area contributed by atoms with Gasteiger partial charge in [0, 0.05) is 12.6 Å². The summed E-state index contributed by atoms with van der Waals surface area (Å²) < 4.78 is 5.00. The molecule has 8 heavy (non-hydrogen) atoms. The highest BCUT2D eigenvalue weighted by Crippen LogP contribution is 2.06. The molecule has 0 aromatic heterocycles. The highest BCUT2D eigenvalue weighted by atomic mass is 16.6. The standard InChI is InChI=1S/C6H13NO/c1-5(2)7-3-6-4-8-6/h5-7H,3-4H2,1-2H3. The van der Waals surface area contributed by atoms with Gasteiger partial charge in [0.25, 0.3) is 0 Å². The second kappa shape index (κ2) is 2.46. The van der Waals surface area contributed by atoms with E-state index in [0.29, 0.717) is 12.1 Å². The third-order valence-electron chi connectivity index (χ3n) is 1.16. The van der Waals surface area contributed by atoms with E-state index in [1.54, 1.807) is 0 Å². The molecular formula is C6H13NO. The molecule has 1 N–H and O–H groups in total. The van der Waals surface area contributed by atoms with Crippen molar-refractivity contribution in [1.82, 2.24) is 5.32 Å². The first-order valence-corrected chi connectivity index (χ1v) is 3.14. The molecule has 2 nitrogen and oxygen atoms in total. The molecule has 0 saturated carbocycles. The van der Waals surface area contributed by atoms with Gasteiger partial charge in [-0.05, 0) is 0 Å². The van der Waals surface area contributed by atoms with Crippen molar-refractivity contribution >= 4 is 0 Å². The van der Waals surface area contributed by atoms with E-state index in [2.05, 4.69) is 19.2 Å². The molecule has 1 saturated heterocycles. The fourth-order valence-electron chi connectivity index (χ4n) is 0.553. The maximum absolute atomic E-state index is 5.00. The van der Waals surface area contributed by atoms with Crippen LogP contribution in [0.25, 0.3) is 0 Å². The Hall–Kier alpha value is -0.0800. The van der Waals surface area contributed by atoms with E-state index in [4.69, 9.17) is 4.74 Å². The molecule has 2 heteroatoms. The molecule has 1 fully saturated rings. The lowest BCUT2D eigenvalue weighted by molar-refractivity contribution is 0.389. The summed E-state index contributed by atoms with van der Waals surface area (Å²) in [6.45, 7) is 6.27. The first-order chi connectivity index (χ1) is 3.79. The third kappa shape index (κ3) is 2.28. The van der Waals surface area contributed by atoms with E-state index < -0.39 is 0 Å². The highest BCUT2D eigenvalue weighted by Gasteiger charge is 2.21. The molecule has 1 aliphatic rings. The van der Waals surface area contributed by atoms with Crippen molar-refractivity contribution in [3.63, 3.8) is 0 Å². The minimum atomic E-state index is 0.525. The minimum absolute atomic E-state index is 0.525. The van der Waals surface area contributed by atoms with Crippen LogP contribution in [0.15, 0.2) is 0 Å². The molecule has 0 bridgehead atoms. The van der Waals surface area contributed by atoms with Crippen LogP contribution in [0.4, 0.5) is 0 Å². The maximum Gasteiger partial charge on any atom is 0.0934 e. The number of epoxide rings is 1. The highest BCUT2D eigenvalue weighted by molar-refractivity contribution is 4.72. The molecule has 1 unspecified atom stereocenters. The zero-order chi connectivity index (χ0) is 5.98. The number of rotatable bonds is 3. The van der Waals surface area contributed by atoms with E-state index in [1.165, 1.54) is 0 Å². The Balaban J connectivity index is 1.87. The van der Waals surface area contributed by atoms with Crippen molar-refractivity contribution in [2.75, 3.05) is 13.2 Å². The molecule has 1 heterocycles. The predicted octanol–water partition coefficient (Wildman–Crippen LogP) is 0.383. The van der Waals surface area contributed by atoms with Crippen molar-refractivity contribution < 1.29 is 4.74 Å². The van der Waals surface area contributed by atoms with Crippen LogP contribution in [-0.2, 0) is 4.74 Å². The van der Waals surface area contributed by atoms with Crippen molar-refractivity contribution in [3.05, 3.63) is 0 Å². The predicted molar refractivity (Wildman–Crippen MR) is 32.9 cm³/mol. The molecular weight excluding hydrogens is 102 g/mol. The molecule has 1 rings (SSSR count). The van der Waals surface area contributed by atoms with E-state index in [1.807, 2.05) is 0 Å². The summed E-state index contributed by atoms with van der Waals surface area (Å²) in [4.78, 5) is 0. The van der Waals surface area contributed by atoms with Gasteiger partial charge in [0.1, 0.15) is 0 Å². The van der Waals surface area contributed by atoms with Crippen molar-refractivity contribution in [3.8, 4) is 0 Å². The average Bonchev–Trinajstić information content (AvgIpc) is 2.41. The van der Waals surface area contributed by atoms with Gasteiger partial charge in [-0.15, -0.1) is 0 Å². The Morgan fingerprint density at radius 2 is 2.38 bits per heavy atom. The van der Waals surface area contributed by atoms with Crippen molar-refractivity contribution in [2.24, 2.45) is 0 Å². The van der Waals surface area contributed by atoms with Gasteiger partial charge in [0.05, 0.1) is 12.7 Å². The van der Waals surface area contributed by atoms with Crippen LogP contribution in [0.2, 0.25) is 0 Å². The summed E-state index contributed by atoms with van der Waals surface area (Å²) >= 11 is 0. The summed E-state index contributed by atoms with van der Waals surface area (Å²) in [6, 6.07) is 0.596. The molecule has 1 atom stereocenters. The van der Waals surface area contributed by atoms with Gasteiger partial charge in [0.2, 0.25) is 0 Å². The molecule has 0 spiro atoms. The number of hydrogen-bond donors (Lipinski definition) is 1. The van der Waals surface area contributed by atoms with Crippen LogP contribution in [0, 0.1) is 0 Å². The topological polar surface area (TPSA) is 24.6 Å². The Kier molecular flexibility index (Phi) is 1.86. The van der Waals surface area contributed by atoms with Gasteiger partial charge in [-0.3, -0.25) is 0 Å². The molecule has 0 aromatic rings. The first kappa shape index (κ1) is 6.05. The Morgan fingerprint density at radius 3 is 2.75 bits per heavy atom. The Bertz CT molecular complexity index is 66.9. The summed E-state index contributed by atoms with van der Waals surface area (Å²) in [5.41, 5.74) is 0. The molecule has 1 aliphatic heterocycles. The summed E-state index contributed by atoms with van der Waals surface area (Å²) in [5.74, 6) is 0. The summed E-state index contributed by atoms with van der Waals surface area (Å²) in [7, 11) is 0. The van der Waals surface area contributed by atoms with Gasteiger partial charge >= 0.3 is 0 Å². The van der Waals surface area contributed by atoms with Gasteiger partial charge in [0.15, 0.2) is 0 Å². The zero-order valence-electron chi connectivity index (χ0n) is 5.48. The van der Waals surface area contributed by atoms with Crippen LogP contribution < -0.4 is 5.32 Å². The van der Waals surface area contributed by atoms with E-state index in [-0.39, 0.29) is 0 Å². The Labute approximate surface area is 50.2 Å². The SMILES string of the molecule is CC(C)NCC1CO1. The summed E-state index contributed by atoms with van der Waals surface area (Å²) in [6.07, 6.45) is 0.525. The van der Waals surface area contributed by atoms with Crippen LogP contribution in [0.1, 0.15) is 13.8 Å². The smallest absolute Gasteiger partial charge is 0.0934 e. The van der Waals surface area contributed by atoms with E-state index in [0.717, 1.165) is 13.2 Å². The second-order valence-electron chi connectivity index (χ2n) is 2.52. The Morgan fingerprint density at radius 1 is 1.75 bits per heavy atom. The molecule has 0 aromatic carbocycles.